The van der Waals surface area contributed by atoms with Crippen LogP contribution >= 0.6 is 22.9 Å². The molecule has 0 spiro atoms. The minimum Gasteiger partial charge on any atom is -0.494 e. The Morgan fingerprint density at radius 1 is 1.63 bits per heavy atom. The molecule has 0 radical (unpaired) electrons. The number of halogens is 1. The zero-order valence-electron chi connectivity index (χ0n) is 10.5. The SMILES string of the molecule is CCCNc1nc2c(Cl)cc(C(=O)O)c(OC)c2s1. The van der Waals surface area contributed by atoms with Crippen LogP contribution in [0.4, 0.5) is 5.13 Å². The normalized spacial score (nSPS) is 10.7. The fourth-order valence-corrected chi connectivity index (χ4v) is 3.03. The number of aromatic nitrogens is 1. The Hall–Kier alpha value is -1.53. The molecule has 1 aromatic carbocycles. The van der Waals surface area contributed by atoms with Gasteiger partial charge in [-0.1, -0.05) is 29.9 Å². The molecule has 5 nitrogen and oxygen atoms in total. The molecule has 0 saturated carbocycles. The van der Waals surface area contributed by atoms with Crippen molar-refractivity contribution < 1.29 is 14.6 Å². The number of anilines is 1. The Labute approximate surface area is 119 Å². The molecule has 0 amide bonds. The van der Waals surface area contributed by atoms with Crippen molar-refractivity contribution in [1.82, 2.24) is 4.98 Å². The molecule has 2 aromatic rings. The average Bonchev–Trinajstić information content (AvgIpc) is 2.80. The topological polar surface area (TPSA) is 71.5 Å². The summed E-state index contributed by atoms with van der Waals surface area (Å²) in [5, 5.41) is 13.3. The molecular formula is C12H13ClN2O3S. The molecule has 0 aliphatic carbocycles. The highest BCUT2D eigenvalue weighted by Gasteiger charge is 2.20. The first kappa shape index (κ1) is 13.9. The molecule has 0 aliphatic heterocycles. The van der Waals surface area contributed by atoms with Crippen LogP contribution in [0.5, 0.6) is 5.75 Å². The molecule has 7 heteroatoms. The number of thiazole rings is 1. The van der Waals surface area contributed by atoms with Crippen molar-refractivity contribution in [3.8, 4) is 5.75 Å². The number of hydrogen-bond acceptors (Lipinski definition) is 5. The van der Waals surface area contributed by atoms with Crippen molar-refractivity contribution in [2.24, 2.45) is 0 Å². The van der Waals surface area contributed by atoms with Gasteiger partial charge in [0, 0.05) is 6.54 Å². The van der Waals surface area contributed by atoms with E-state index in [2.05, 4.69) is 17.2 Å². The molecule has 0 fully saturated rings. The van der Waals surface area contributed by atoms with Gasteiger partial charge in [-0.3, -0.25) is 0 Å². The van der Waals surface area contributed by atoms with E-state index < -0.39 is 5.97 Å². The van der Waals surface area contributed by atoms with Gasteiger partial charge >= 0.3 is 5.97 Å². The smallest absolute Gasteiger partial charge is 0.339 e. The maximum absolute atomic E-state index is 11.2. The van der Waals surface area contributed by atoms with Crippen molar-refractivity contribution in [2.45, 2.75) is 13.3 Å². The third-order valence-corrected chi connectivity index (χ3v) is 3.84. The lowest BCUT2D eigenvalue weighted by molar-refractivity contribution is 0.0693. The van der Waals surface area contributed by atoms with Gasteiger partial charge in [-0.15, -0.1) is 0 Å². The predicted molar refractivity (Wildman–Crippen MR) is 76.9 cm³/mol. The first-order valence-corrected chi connectivity index (χ1v) is 6.92. The second-order valence-corrected chi connectivity index (χ2v) is 5.27. The van der Waals surface area contributed by atoms with Crippen LogP contribution in [0, 0.1) is 0 Å². The minimum absolute atomic E-state index is 0.0469. The Kier molecular flexibility index (Phi) is 4.11. The van der Waals surface area contributed by atoms with E-state index in [-0.39, 0.29) is 5.56 Å². The van der Waals surface area contributed by atoms with Gasteiger partial charge in [-0.2, -0.15) is 0 Å². The first-order valence-electron chi connectivity index (χ1n) is 5.72. The maximum Gasteiger partial charge on any atom is 0.339 e. The second kappa shape index (κ2) is 5.63. The van der Waals surface area contributed by atoms with Crippen LogP contribution in [0.2, 0.25) is 5.02 Å². The number of carboxylic acid groups (broad SMARTS) is 1. The number of nitrogens with one attached hydrogen (secondary N) is 1. The van der Waals surface area contributed by atoms with Crippen molar-refractivity contribution >= 4 is 44.3 Å². The number of benzene rings is 1. The zero-order valence-corrected chi connectivity index (χ0v) is 12.1. The fourth-order valence-electron chi connectivity index (χ4n) is 1.69. The summed E-state index contributed by atoms with van der Waals surface area (Å²) in [6.45, 7) is 2.85. The summed E-state index contributed by atoms with van der Waals surface area (Å²) in [4.78, 5) is 15.5. The number of fused-ring (bicyclic) bond motifs is 1. The molecule has 102 valence electrons. The average molecular weight is 301 g/mol. The molecule has 2 rings (SSSR count). The number of carboxylic acids is 1. The summed E-state index contributed by atoms with van der Waals surface area (Å²) in [7, 11) is 1.44. The van der Waals surface area contributed by atoms with Gasteiger partial charge in [-0.25, -0.2) is 9.78 Å². The van der Waals surface area contributed by atoms with Crippen LogP contribution in [0.3, 0.4) is 0 Å². The van der Waals surface area contributed by atoms with Crippen LogP contribution in [0.1, 0.15) is 23.7 Å². The molecule has 2 N–H and O–H groups in total. The van der Waals surface area contributed by atoms with Crippen LogP contribution in [-0.4, -0.2) is 29.7 Å². The quantitative estimate of drug-likeness (QED) is 0.884. The molecule has 1 aromatic heterocycles. The predicted octanol–water partition coefficient (Wildman–Crippen LogP) is 3.48. The van der Waals surface area contributed by atoms with Gasteiger partial charge in [0.05, 0.1) is 12.1 Å². The van der Waals surface area contributed by atoms with E-state index in [1.807, 2.05) is 0 Å². The number of carbonyl (C=O) groups is 1. The van der Waals surface area contributed by atoms with Crippen LogP contribution in [-0.2, 0) is 0 Å². The van der Waals surface area contributed by atoms with Crippen molar-refractivity contribution in [3.05, 3.63) is 16.7 Å². The second-order valence-electron chi connectivity index (χ2n) is 3.87. The van der Waals surface area contributed by atoms with Crippen molar-refractivity contribution in [2.75, 3.05) is 19.0 Å². The van der Waals surface area contributed by atoms with Crippen LogP contribution < -0.4 is 10.1 Å². The highest BCUT2D eigenvalue weighted by molar-refractivity contribution is 7.22. The molecule has 0 aliphatic rings. The minimum atomic E-state index is -1.07. The molecule has 19 heavy (non-hydrogen) atoms. The summed E-state index contributed by atoms with van der Waals surface area (Å²) in [6, 6.07) is 1.37. The summed E-state index contributed by atoms with van der Waals surface area (Å²) in [5.74, 6) is -0.772. The number of ether oxygens (including phenoxy) is 1. The largest absolute Gasteiger partial charge is 0.494 e. The number of rotatable bonds is 5. The number of aromatic carboxylic acids is 1. The molecule has 0 saturated heterocycles. The van der Waals surface area contributed by atoms with Gasteiger partial charge in [0.2, 0.25) is 0 Å². The number of hydrogen-bond donors (Lipinski definition) is 2. The van der Waals surface area contributed by atoms with E-state index in [0.717, 1.165) is 13.0 Å². The summed E-state index contributed by atoms with van der Waals surface area (Å²) >= 11 is 7.42. The van der Waals surface area contributed by atoms with E-state index >= 15 is 0 Å². The lowest BCUT2D eigenvalue weighted by atomic mass is 10.2. The summed E-state index contributed by atoms with van der Waals surface area (Å²) < 4.78 is 5.84. The molecular weight excluding hydrogens is 288 g/mol. The summed E-state index contributed by atoms with van der Waals surface area (Å²) in [5.41, 5.74) is 0.609. The molecule has 0 atom stereocenters. The van der Waals surface area contributed by atoms with Crippen LogP contribution in [0.15, 0.2) is 6.07 Å². The van der Waals surface area contributed by atoms with Gasteiger partial charge < -0.3 is 15.2 Å². The van der Waals surface area contributed by atoms with E-state index in [9.17, 15) is 4.79 Å². The van der Waals surface area contributed by atoms with Crippen LogP contribution in [0.25, 0.3) is 10.2 Å². The standard InChI is InChI=1S/C12H13ClN2O3S/c1-3-4-14-12-15-8-7(13)5-6(11(16)17)9(18-2)10(8)19-12/h5H,3-4H2,1-2H3,(H,14,15)(H,16,17). The zero-order chi connectivity index (χ0) is 14.0. The highest BCUT2D eigenvalue weighted by atomic mass is 35.5. The summed E-state index contributed by atoms with van der Waals surface area (Å²) in [6.07, 6.45) is 0.973. The lowest BCUT2D eigenvalue weighted by Gasteiger charge is -2.06. The monoisotopic (exact) mass is 300 g/mol. The number of nitrogens with zero attached hydrogens (tertiary/aromatic N) is 1. The Morgan fingerprint density at radius 2 is 2.37 bits per heavy atom. The number of methoxy groups -OCH3 is 1. The van der Waals surface area contributed by atoms with Gasteiger partial charge in [-0.05, 0) is 12.5 Å². The first-order chi connectivity index (χ1) is 9.08. The van der Waals surface area contributed by atoms with Crippen molar-refractivity contribution in [1.29, 1.82) is 0 Å². The Morgan fingerprint density at radius 3 is 2.95 bits per heavy atom. The Balaban J connectivity index is 2.61. The van der Waals surface area contributed by atoms with E-state index in [1.54, 1.807) is 0 Å². The maximum atomic E-state index is 11.2. The third kappa shape index (κ3) is 2.59. The highest BCUT2D eigenvalue weighted by Crippen LogP contribution is 2.40. The van der Waals surface area contributed by atoms with E-state index in [1.165, 1.54) is 24.5 Å². The third-order valence-electron chi connectivity index (χ3n) is 2.54. The van der Waals surface area contributed by atoms with E-state index in [0.29, 0.717) is 26.1 Å². The van der Waals surface area contributed by atoms with Gasteiger partial charge in [0.15, 0.2) is 10.9 Å². The van der Waals surface area contributed by atoms with Crippen molar-refractivity contribution in [3.63, 3.8) is 0 Å². The molecule has 0 unspecified atom stereocenters. The lowest BCUT2D eigenvalue weighted by Crippen LogP contribution is -2.00. The molecule has 1 heterocycles. The van der Waals surface area contributed by atoms with Gasteiger partial charge in [0.1, 0.15) is 15.8 Å². The Bertz CT molecular complexity index is 627. The fraction of sp³-hybridized carbons (Fsp3) is 0.333. The van der Waals surface area contributed by atoms with E-state index in [4.69, 9.17) is 21.4 Å². The molecule has 0 bridgehead atoms. The van der Waals surface area contributed by atoms with Gasteiger partial charge in [0.25, 0.3) is 0 Å².